The van der Waals surface area contributed by atoms with Crippen LogP contribution in [0.15, 0.2) is 16.7 Å². The van der Waals surface area contributed by atoms with Gasteiger partial charge in [-0.15, -0.1) is 0 Å². The molecular weight excluding hydrogens is 292 g/mol. The third kappa shape index (κ3) is 5.66. The van der Waals surface area contributed by atoms with Crippen molar-refractivity contribution in [2.45, 2.75) is 64.7 Å². The summed E-state index contributed by atoms with van der Waals surface area (Å²) in [5, 5.41) is 0. The van der Waals surface area contributed by atoms with Gasteiger partial charge in [0.15, 0.2) is 0 Å². The van der Waals surface area contributed by atoms with Gasteiger partial charge in [-0.2, -0.15) is 11.1 Å². The molecule has 2 aliphatic rings. The standard InChI is InChI=1S/C15H25Si.3CH3.Ti/c1-5-16(3,4)11-13-10-12(2)14-8-6-7-9-15(13)14;;;;/h13H,5-9,11H2,1-4H3;3*1H3;/q4*-1;+4. The van der Waals surface area contributed by atoms with Gasteiger partial charge < -0.3 is 22.3 Å². The van der Waals surface area contributed by atoms with Crippen molar-refractivity contribution < 1.29 is 21.7 Å². The van der Waals surface area contributed by atoms with Crippen molar-refractivity contribution in [3.63, 3.8) is 0 Å². The van der Waals surface area contributed by atoms with Crippen LogP contribution in [0, 0.1) is 34.3 Å². The van der Waals surface area contributed by atoms with Crippen molar-refractivity contribution in [1.82, 2.24) is 0 Å². The molecule has 1 unspecified atom stereocenters. The van der Waals surface area contributed by atoms with Crippen molar-refractivity contribution >= 4 is 8.07 Å². The van der Waals surface area contributed by atoms with E-state index in [0.29, 0.717) is 5.92 Å². The molecule has 0 nitrogen and oxygen atoms in total. The zero-order chi connectivity index (χ0) is 11.8. The smallest absolute Gasteiger partial charge is 0.358 e. The summed E-state index contributed by atoms with van der Waals surface area (Å²) in [6, 6.07) is 2.84. The van der Waals surface area contributed by atoms with Crippen LogP contribution in [0.2, 0.25) is 25.2 Å². The third-order valence-corrected chi connectivity index (χ3v) is 7.92. The molecule has 0 spiro atoms. The monoisotopic (exact) mass is 326 g/mol. The summed E-state index contributed by atoms with van der Waals surface area (Å²) in [4.78, 5) is 0. The summed E-state index contributed by atoms with van der Waals surface area (Å²) in [5.41, 5.74) is 4.95. The zero-order valence-corrected chi connectivity index (χ0v) is 17.4. The molecule has 0 aromatic carbocycles. The summed E-state index contributed by atoms with van der Waals surface area (Å²) in [6.07, 6.45) is 9.27. The molecule has 20 heavy (non-hydrogen) atoms. The SMILES string of the molecule is CC[Si](C)(C)CC1[C-]=C(C)C2=C1CCCC2.[CH3-].[CH3-].[CH3-].[Ti+4]. The van der Waals surface area contributed by atoms with Gasteiger partial charge in [-0.3, -0.25) is 6.08 Å². The first-order valence-corrected chi connectivity index (χ1v) is 10.3. The molecule has 114 valence electrons. The Morgan fingerprint density at radius 1 is 1.10 bits per heavy atom. The van der Waals surface area contributed by atoms with Crippen LogP contribution in [0.25, 0.3) is 0 Å². The van der Waals surface area contributed by atoms with E-state index in [9.17, 15) is 0 Å². The Bertz CT molecular complexity index is 339. The molecule has 0 aliphatic heterocycles. The van der Waals surface area contributed by atoms with Crippen LogP contribution in [0.1, 0.15) is 39.5 Å². The molecule has 2 heteroatoms. The summed E-state index contributed by atoms with van der Waals surface area (Å²) < 4.78 is 0. The van der Waals surface area contributed by atoms with E-state index < -0.39 is 8.07 Å². The molecule has 2 aliphatic carbocycles. The van der Waals surface area contributed by atoms with Gasteiger partial charge in [-0.1, -0.05) is 64.2 Å². The number of hydrogen-bond acceptors (Lipinski definition) is 0. The summed E-state index contributed by atoms with van der Waals surface area (Å²) in [6.45, 7) is 9.71. The fourth-order valence-electron chi connectivity index (χ4n) is 3.05. The minimum absolute atomic E-state index is 0. The second-order valence-corrected chi connectivity index (χ2v) is 11.7. The molecule has 0 fully saturated rings. The second kappa shape index (κ2) is 10.2. The molecule has 0 bridgehead atoms. The van der Waals surface area contributed by atoms with E-state index in [-0.39, 0.29) is 44.0 Å². The number of rotatable bonds is 3. The second-order valence-electron chi connectivity index (χ2n) is 6.25. The normalized spacial score (nSPS) is 20.6. The van der Waals surface area contributed by atoms with Crippen molar-refractivity contribution in [2.75, 3.05) is 0 Å². The Labute approximate surface area is 145 Å². The van der Waals surface area contributed by atoms with E-state index in [2.05, 4.69) is 33.0 Å². The molecule has 0 saturated carbocycles. The largest absolute Gasteiger partial charge is 4.00 e. The van der Waals surface area contributed by atoms with Gasteiger partial charge in [0.25, 0.3) is 0 Å². The van der Waals surface area contributed by atoms with E-state index in [1.54, 1.807) is 11.1 Å². The van der Waals surface area contributed by atoms with Crippen molar-refractivity contribution in [3.05, 3.63) is 45.1 Å². The van der Waals surface area contributed by atoms with Crippen LogP contribution in [0.5, 0.6) is 0 Å². The Balaban J connectivity index is -0.000000722. The van der Waals surface area contributed by atoms with Gasteiger partial charge in [0.2, 0.25) is 0 Å². The molecule has 0 heterocycles. The van der Waals surface area contributed by atoms with E-state index in [1.165, 1.54) is 43.3 Å². The Morgan fingerprint density at radius 3 is 2.20 bits per heavy atom. The minimum Gasteiger partial charge on any atom is -0.358 e. The van der Waals surface area contributed by atoms with E-state index in [4.69, 9.17) is 0 Å². The molecule has 2 rings (SSSR count). The summed E-state index contributed by atoms with van der Waals surface area (Å²) in [7, 11) is -0.958. The molecule has 0 aromatic rings. The van der Waals surface area contributed by atoms with Gasteiger partial charge in [-0.05, 0) is 6.42 Å². The van der Waals surface area contributed by atoms with Crippen molar-refractivity contribution in [2.24, 2.45) is 5.92 Å². The van der Waals surface area contributed by atoms with Crippen LogP contribution < -0.4 is 0 Å². The predicted octanol–water partition coefficient (Wildman–Crippen LogP) is 6.31. The van der Waals surface area contributed by atoms with Gasteiger partial charge in [0, 0.05) is 8.07 Å². The van der Waals surface area contributed by atoms with Crippen LogP contribution in [0.3, 0.4) is 0 Å². The maximum Gasteiger partial charge on any atom is 4.00 e. The zero-order valence-electron chi connectivity index (χ0n) is 14.8. The average Bonchev–Trinajstić information content (AvgIpc) is 2.56. The Hall–Kier alpha value is 0.411. The fraction of sp³-hybridized carbons (Fsp3) is 0.611. The Morgan fingerprint density at radius 2 is 1.65 bits per heavy atom. The van der Waals surface area contributed by atoms with Crippen LogP contribution in [-0.4, -0.2) is 8.07 Å². The van der Waals surface area contributed by atoms with Crippen molar-refractivity contribution in [1.29, 1.82) is 0 Å². The number of allylic oxidation sites excluding steroid dienone is 4. The van der Waals surface area contributed by atoms with Crippen LogP contribution in [-0.2, 0) is 21.7 Å². The molecule has 0 radical (unpaired) electrons. The quantitative estimate of drug-likeness (QED) is 0.421. The predicted molar refractivity (Wildman–Crippen MR) is 93.4 cm³/mol. The maximum atomic E-state index is 3.76. The number of hydrogen-bond donors (Lipinski definition) is 0. The molecule has 1 atom stereocenters. The topological polar surface area (TPSA) is 0 Å². The first-order chi connectivity index (χ1) is 7.53. The van der Waals surface area contributed by atoms with Gasteiger partial charge in [0.05, 0.1) is 0 Å². The molecule has 0 amide bonds. The molecular formula is C18H34SiTi. The summed E-state index contributed by atoms with van der Waals surface area (Å²) in [5.74, 6) is 0.705. The fourth-order valence-corrected chi connectivity index (χ4v) is 4.79. The van der Waals surface area contributed by atoms with E-state index >= 15 is 0 Å². The van der Waals surface area contributed by atoms with Gasteiger partial charge in [0.1, 0.15) is 0 Å². The Kier molecular flexibility index (Phi) is 12.9. The van der Waals surface area contributed by atoms with E-state index in [1.807, 2.05) is 0 Å². The first-order valence-electron chi connectivity index (χ1n) is 6.86. The molecule has 0 saturated heterocycles. The van der Waals surface area contributed by atoms with Crippen LogP contribution in [0.4, 0.5) is 0 Å². The molecule has 0 N–H and O–H groups in total. The summed E-state index contributed by atoms with van der Waals surface area (Å²) >= 11 is 0. The minimum atomic E-state index is -0.958. The van der Waals surface area contributed by atoms with Crippen LogP contribution >= 0.6 is 0 Å². The maximum absolute atomic E-state index is 3.76. The van der Waals surface area contributed by atoms with E-state index in [0.717, 1.165) is 0 Å². The van der Waals surface area contributed by atoms with Crippen molar-refractivity contribution in [3.8, 4) is 0 Å². The third-order valence-electron chi connectivity index (χ3n) is 4.49. The van der Waals surface area contributed by atoms with Gasteiger partial charge >= 0.3 is 21.7 Å². The first kappa shape index (κ1) is 25.4. The average molecular weight is 326 g/mol. The molecule has 0 aromatic heterocycles. The van der Waals surface area contributed by atoms with Gasteiger partial charge in [-0.25, -0.2) is 5.57 Å².